The van der Waals surface area contributed by atoms with Crippen LogP contribution in [0.2, 0.25) is 0 Å². The highest BCUT2D eigenvalue weighted by atomic mass is 16.7. The minimum absolute atomic E-state index is 0.0295. The Morgan fingerprint density at radius 2 is 2.36 bits per heavy atom. The van der Waals surface area contributed by atoms with Crippen molar-refractivity contribution in [3.8, 4) is 0 Å². The summed E-state index contributed by atoms with van der Waals surface area (Å²) < 4.78 is 10.6. The van der Waals surface area contributed by atoms with E-state index in [9.17, 15) is 10.2 Å². The van der Waals surface area contributed by atoms with E-state index in [1.165, 1.54) is 0 Å². The van der Waals surface area contributed by atoms with Gasteiger partial charge in [-0.3, -0.25) is 0 Å². The normalized spacial score (nSPS) is 46.0. The molecule has 2 rings (SSSR count). The lowest BCUT2D eigenvalue weighted by Gasteiger charge is -2.37. The zero-order chi connectivity index (χ0) is 10.2. The highest BCUT2D eigenvalue weighted by Gasteiger charge is 2.54. The summed E-state index contributed by atoms with van der Waals surface area (Å²) in [4.78, 5) is 2.60. The van der Waals surface area contributed by atoms with E-state index in [0.29, 0.717) is 0 Å². The Labute approximate surface area is 79.9 Å². The van der Waals surface area contributed by atoms with Crippen molar-refractivity contribution in [2.75, 3.05) is 13.2 Å². The summed E-state index contributed by atoms with van der Waals surface area (Å²) >= 11 is 0. The van der Waals surface area contributed by atoms with Crippen LogP contribution in [0.4, 0.5) is 0 Å². The third kappa shape index (κ3) is 1.35. The predicted molar refractivity (Wildman–Crippen MR) is 44.2 cm³/mol. The summed E-state index contributed by atoms with van der Waals surface area (Å²) in [5.41, 5.74) is 7.13. The molecule has 0 aromatic heterocycles. The molecule has 7 nitrogen and oxygen atoms in total. The molecule has 2 N–H and O–H groups in total. The molecular weight excluding hydrogens is 190 g/mol. The number of hydrogen-bond acceptors (Lipinski definition) is 5. The van der Waals surface area contributed by atoms with Gasteiger partial charge in [-0.2, -0.15) is 0 Å². The standard InChI is InChI=1S/C7H11N3O4/c8-10-9-2-7-3-13-5(14-7)1-4(11)6(7)12/h4-6,11-12H,1-3H2/t4-,5+,6-,7+/m1/s1. The van der Waals surface area contributed by atoms with Crippen molar-refractivity contribution in [3.63, 3.8) is 0 Å². The fourth-order valence-corrected chi connectivity index (χ4v) is 1.84. The van der Waals surface area contributed by atoms with Crippen LogP contribution in [0.5, 0.6) is 0 Å². The summed E-state index contributed by atoms with van der Waals surface area (Å²) in [6.45, 7) is 0.118. The Bertz CT molecular complexity index is 280. The monoisotopic (exact) mass is 201 g/mol. The Hall–Kier alpha value is -0.850. The molecule has 2 saturated heterocycles. The third-order valence-electron chi connectivity index (χ3n) is 2.62. The number of ether oxygens (including phenoxy) is 2. The van der Waals surface area contributed by atoms with Gasteiger partial charge in [0.15, 0.2) is 6.29 Å². The molecule has 0 radical (unpaired) electrons. The van der Waals surface area contributed by atoms with Gasteiger partial charge in [-0.05, 0) is 5.53 Å². The first kappa shape index (κ1) is 9.70. The van der Waals surface area contributed by atoms with E-state index in [2.05, 4.69) is 10.0 Å². The van der Waals surface area contributed by atoms with Gasteiger partial charge in [0.25, 0.3) is 0 Å². The van der Waals surface area contributed by atoms with Crippen molar-refractivity contribution in [1.29, 1.82) is 0 Å². The second kappa shape index (κ2) is 3.38. The van der Waals surface area contributed by atoms with E-state index in [-0.39, 0.29) is 19.6 Å². The van der Waals surface area contributed by atoms with Gasteiger partial charge >= 0.3 is 0 Å². The molecule has 0 amide bonds. The molecule has 2 aliphatic rings. The van der Waals surface area contributed by atoms with E-state index >= 15 is 0 Å². The van der Waals surface area contributed by atoms with E-state index in [1.54, 1.807) is 0 Å². The molecule has 78 valence electrons. The number of azide groups is 1. The molecular formula is C7H11N3O4. The summed E-state index contributed by atoms with van der Waals surface area (Å²) in [6, 6.07) is 0. The van der Waals surface area contributed by atoms with Gasteiger partial charge in [-0.1, -0.05) is 5.11 Å². The molecule has 7 heteroatoms. The fourth-order valence-electron chi connectivity index (χ4n) is 1.84. The topological polar surface area (TPSA) is 108 Å². The van der Waals surface area contributed by atoms with E-state index in [0.717, 1.165) is 0 Å². The predicted octanol–water partition coefficient (Wildman–Crippen LogP) is -0.466. The van der Waals surface area contributed by atoms with Crippen molar-refractivity contribution in [3.05, 3.63) is 10.4 Å². The minimum atomic E-state index is -1.06. The average molecular weight is 201 g/mol. The molecule has 4 atom stereocenters. The van der Waals surface area contributed by atoms with Crippen LogP contribution in [-0.2, 0) is 9.47 Å². The first-order chi connectivity index (χ1) is 6.68. The summed E-state index contributed by atoms with van der Waals surface area (Å²) in [5.74, 6) is 0. The number of rotatable bonds is 2. The average Bonchev–Trinajstić information content (AvgIpc) is 2.53. The Morgan fingerprint density at radius 1 is 1.57 bits per heavy atom. The highest BCUT2D eigenvalue weighted by Crippen LogP contribution is 2.36. The lowest BCUT2D eigenvalue weighted by atomic mass is 9.90. The van der Waals surface area contributed by atoms with Crippen LogP contribution >= 0.6 is 0 Å². The highest BCUT2D eigenvalue weighted by molar-refractivity contribution is 5.01. The van der Waals surface area contributed by atoms with Gasteiger partial charge in [0.2, 0.25) is 0 Å². The maximum absolute atomic E-state index is 9.70. The first-order valence-electron chi connectivity index (χ1n) is 4.34. The first-order valence-corrected chi connectivity index (χ1v) is 4.34. The molecule has 2 fully saturated rings. The maximum atomic E-state index is 9.70. The van der Waals surface area contributed by atoms with Crippen LogP contribution in [0.25, 0.3) is 10.4 Å². The molecule has 2 aliphatic heterocycles. The van der Waals surface area contributed by atoms with Crippen molar-refractivity contribution < 1.29 is 19.7 Å². The molecule has 0 aliphatic carbocycles. The van der Waals surface area contributed by atoms with Crippen molar-refractivity contribution in [2.24, 2.45) is 5.11 Å². The summed E-state index contributed by atoms with van der Waals surface area (Å²) in [7, 11) is 0. The zero-order valence-electron chi connectivity index (χ0n) is 7.41. The van der Waals surface area contributed by atoms with Gasteiger partial charge in [0.1, 0.15) is 11.7 Å². The quantitative estimate of drug-likeness (QED) is 0.357. The number of aliphatic hydroxyl groups excluding tert-OH is 2. The lowest BCUT2D eigenvalue weighted by Crippen LogP contribution is -2.56. The van der Waals surface area contributed by atoms with Gasteiger partial charge in [-0.15, -0.1) is 0 Å². The molecule has 2 heterocycles. The minimum Gasteiger partial charge on any atom is -0.390 e. The second-order valence-electron chi connectivity index (χ2n) is 3.56. The molecule has 14 heavy (non-hydrogen) atoms. The summed E-state index contributed by atoms with van der Waals surface area (Å²) in [6.07, 6.45) is -2.20. The summed E-state index contributed by atoms with van der Waals surface area (Å²) in [5, 5.41) is 22.5. The van der Waals surface area contributed by atoms with Crippen LogP contribution in [0.1, 0.15) is 6.42 Å². The van der Waals surface area contributed by atoms with Gasteiger partial charge in [0.05, 0.1) is 19.3 Å². The van der Waals surface area contributed by atoms with Crippen molar-refractivity contribution in [1.82, 2.24) is 0 Å². The van der Waals surface area contributed by atoms with E-state index in [4.69, 9.17) is 15.0 Å². The van der Waals surface area contributed by atoms with Gasteiger partial charge < -0.3 is 19.7 Å². The fraction of sp³-hybridized carbons (Fsp3) is 1.00. The zero-order valence-corrected chi connectivity index (χ0v) is 7.41. The molecule has 0 aromatic rings. The smallest absolute Gasteiger partial charge is 0.161 e. The van der Waals surface area contributed by atoms with Crippen LogP contribution in [0.15, 0.2) is 5.11 Å². The molecule has 2 bridgehead atoms. The molecule has 0 unspecified atom stereocenters. The number of fused-ring (bicyclic) bond motifs is 2. The Balaban J connectivity index is 2.19. The van der Waals surface area contributed by atoms with Gasteiger partial charge in [0, 0.05) is 11.3 Å². The number of hydrogen-bond donors (Lipinski definition) is 2. The van der Waals surface area contributed by atoms with E-state index < -0.39 is 24.1 Å². The van der Waals surface area contributed by atoms with Crippen LogP contribution in [0.3, 0.4) is 0 Å². The Kier molecular flexibility index (Phi) is 2.34. The number of nitrogens with zero attached hydrogens (tertiary/aromatic N) is 3. The van der Waals surface area contributed by atoms with E-state index in [1.807, 2.05) is 0 Å². The molecule has 0 spiro atoms. The molecule has 0 aromatic carbocycles. The maximum Gasteiger partial charge on any atom is 0.161 e. The number of aliphatic hydroxyl groups is 2. The van der Waals surface area contributed by atoms with Crippen LogP contribution in [0, 0.1) is 0 Å². The van der Waals surface area contributed by atoms with Crippen molar-refractivity contribution in [2.45, 2.75) is 30.5 Å². The van der Waals surface area contributed by atoms with Gasteiger partial charge in [-0.25, -0.2) is 0 Å². The SMILES string of the molecule is [N-]=[N+]=NC[C@]12CO[C@H](C[C@@H](O)[C@H]1O)O2. The second-order valence-corrected chi connectivity index (χ2v) is 3.56. The lowest BCUT2D eigenvalue weighted by molar-refractivity contribution is -0.205. The van der Waals surface area contributed by atoms with Crippen LogP contribution in [-0.4, -0.2) is 47.5 Å². The van der Waals surface area contributed by atoms with Crippen molar-refractivity contribution >= 4 is 0 Å². The third-order valence-corrected chi connectivity index (χ3v) is 2.62. The Morgan fingerprint density at radius 3 is 3.07 bits per heavy atom. The van der Waals surface area contributed by atoms with Crippen LogP contribution < -0.4 is 0 Å². The molecule has 0 saturated carbocycles. The largest absolute Gasteiger partial charge is 0.390 e.